The molecule has 0 saturated heterocycles. The Morgan fingerprint density at radius 2 is 1.81 bits per heavy atom. The minimum atomic E-state index is -0.464. The molecule has 4 aromatic rings. The Labute approximate surface area is 155 Å². The molecule has 0 amide bonds. The fraction of sp³-hybridized carbons (Fsp3) is 0.143. The van der Waals surface area contributed by atoms with Crippen LogP contribution < -0.4 is 5.32 Å². The summed E-state index contributed by atoms with van der Waals surface area (Å²) in [5.74, 6) is 0.0387. The van der Waals surface area contributed by atoms with Crippen molar-refractivity contribution >= 4 is 33.2 Å². The lowest BCUT2D eigenvalue weighted by Crippen LogP contribution is -2.01. The summed E-state index contributed by atoms with van der Waals surface area (Å²) < 4.78 is 2.28. The first-order chi connectivity index (χ1) is 13.1. The highest BCUT2D eigenvalue weighted by molar-refractivity contribution is 6.09. The van der Waals surface area contributed by atoms with E-state index in [1.165, 1.54) is 34.6 Å². The maximum atomic E-state index is 10.9. The molecule has 0 aliphatic rings. The second-order valence-electron chi connectivity index (χ2n) is 6.42. The quantitative estimate of drug-likeness (QED) is 0.385. The number of aromatic hydroxyl groups is 1. The van der Waals surface area contributed by atoms with Crippen LogP contribution in [0.4, 0.5) is 11.4 Å². The zero-order valence-corrected chi connectivity index (χ0v) is 14.8. The number of hydrogen-bond acceptors (Lipinski definition) is 4. The van der Waals surface area contributed by atoms with Gasteiger partial charge in [0.15, 0.2) is 0 Å². The van der Waals surface area contributed by atoms with Crippen molar-refractivity contribution in [3.63, 3.8) is 0 Å². The van der Waals surface area contributed by atoms with Gasteiger partial charge in [-0.25, -0.2) is 0 Å². The van der Waals surface area contributed by atoms with E-state index in [4.69, 9.17) is 0 Å². The smallest absolute Gasteiger partial charge is 0.270 e. The number of nitrogens with one attached hydrogen (secondary N) is 1. The Hall–Kier alpha value is -3.54. The Morgan fingerprint density at radius 3 is 2.59 bits per heavy atom. The van der Waals surface area contributed by atoms with Crippen molar-refractivity contribution < 1.29 is 10.0 Å². The largest absolute Gasteiger partial charge is 0.508 e. The second kappa shape index (κ2) is 6.64. The van der Waals surface area contributed by atoms with Crippen molar-refractivity contribution in [2.45, 2.75) is 20.0 Å². The van der Waals surface area contributed by atoms with Crippen LogP contribution in [0, 0.1) is 10.1 Å². The highest BCUT2D eigenvalue weighted by atomic mass is 16.6. The van der Waals surface area contributed by atoms with Gasteiger partial charge in [0.2, 0.25) is 0 Å². The summed E-state index contributed by atoms with van der Waals surface area (Å²) in [5.41, 5.74) is 3.71. The van der Waals surface area contributed by atoms with E-state index in [0.717, 1.165) is 17.6 Å². The standard InChI is InChI=1S/C21H19N3O3/c1-2-23-19-6-4-3-5-17(19)18-12-15(7-9-20(18)23)22-13-14-11-16(24(26)27)8-10-21(14)25/h3-12,22,25H,2,13H2,1H3. The van der Waals surface area contributed by atoms with E-state index in [1.807, 2.05) is 18.2 Å². The van der Waals surface area contributed by atoms with Gasteiger partial charge >= 0.3 is 0 Å². The number of fused-ring (bicyclic) bond motifs is 3. The Morgan fingerprint density at radius 1 is 1.04 bits per heavy atom. The molecule has 2 N–H and O–H groups in total. The van der Waals surface area contributed by atoms with Crippen molar-refractivity contribution in [1.82, 2.24) is 4.57 Å². The number of hydrogen-bond donors (Lipinski definition) is 2. The van der Waals surface area contributed by atoms with Gasteiger partial charge in [-0.1, -0.05) is 18.2 Å². The van der Waals surface area contributed by atoms with Crippen LogP contribution >= 0.6 is 0 Å². The zero-order valence-electron chi connectivity index (χ0n) is 14.8. The van der Waals surface area contributed by atoms with Crippen molar-refractivity contribution in [2.24, 2.45) is 0 Å². The van der Waals surface area contributed by atoms with Crippen LogP contribution in [-0.2, 0) is 13.1 Å². The molecule has 3 aromatic carbocycles. The summed E-state index contributed by atoms with van der Waals surface area (Å²) in [7, 11) is 0. The van der Waals surface area contributed by atoms with Crippen molar-refractivity contribution in [2.75, 3.05) is 5.32 Å². The van der Waals surface area contributed by atoms with E-state index >= 15 is 0 Å². The van der Waals surface area contributed by atoms with Gasteiger partial charge in [0, 0.05) is 58.3 Å². The predicted molar refractivity (Wildman–Crippen MR) is 107 cm³/mol. The van der Waals surface area contributed by atoms with Gasteiger partial charge in [0.05, 0.1) is 4.92 Å². The Kier molecular flexibility index (Phi) is 4.16. The van der Waals surface area contributed by atoms with Crippen LogP contribution in [0.1, 0.15) is 12.5 Å². The lowest BCUT2D eigenvalue weighted by atomic mass is 10.1. The van der Waals surface area contributed by atoms with Gasteiger partial charge < -0.3 is 15.0 Å². The third-order valence-electron chi connectivity index (χ3n) is 4.85. The molecule has 6 heteroatoms. The number of nitro benzene ring substituents is 1. The van der Waals surface area contributed by atoms with Crippen LogP contribution in [0.3, 0.4) is 0 Å². The zero-order chi connectivity index (χ0) is 19.0. The molecule has 0 radical (unpaired) electrons. The number of phenolic OH excluding ortho intramolecular Hbond substituents is 1. The van der Waals surface area contributed by atoms with Gasteiger partial charge in [-0.05, 0) is 37.3 Å². The SMILES string of the molecule is CCn1c2ccccc2c2cc(NCc3cc([N+](=O)[O-])ccc3O)ccc21. The number of benzene rings is 3. The molecule has 0 saturated carbocycles. The molecule has 0 bridgehead atoms. The van der Waals surface area contributed by atoms with E-state index in [1.54, 1.807) is 0 Å². The maximum Gasteiger partial charge on any atom is 0.270 e. The molecule has 1 heterocycles. The molecule has 0 aliphatic heterocycles. The van der Waals surface area contributed by atoms with Crippen molar-refractivity contribution in [3.05, 3.63) is 76.3 Å². The summed E-state index contributed by atoms with van der Waals surface area (Å²) in [6, 6.07) is 18.5. The lowest BCUT2D eigenvalue weighted by Gasteiger charge is -2.09. The topological polar surface area (TPSA) is 80.3 Å². The maximum absolute atomic E-state index is 10.9. The van der Waals surface area contributed by atoms with Crippen LogP contribution in [0.5, 0.6) is 5.75 Å². The molecule has 0 spiro atoms. The number of rotatable bonds is 5. The monoisotopic (exact) mass is 361 g/mol. The minimum absolute atomic E-state index is 0.0360. The van der Waals surface area contributed by atoms with Crippen molar-refractivity contribution in [3.8, 4) is 5.75 Å². The van der Waals surface area contributed by atoms with E-state index in [9.17, 15) is 15.2 Å². The van der Waals surface area contributed by atoms with Crippen LogP contribution in [-0.4, -0.2) is 14.6 Å². The normalized spacial score (nSPS) is 11.1. The van der Waals surface area contributed by atoms with E-state index < -0.39 is 4.92 Å². The van der Waals surface area contributed by atoms with E-state index in [0.29, 0.717) is 12.1 Å². The molecule has 136 valence electrons. The number of phenols is 1. The summed E-state index contributed by atoms with van der Waals surface area (Å²) in [6.07, 6.45) is 0. The molecule has 27 heavy (non-hydrogen) atoms. The van der Waals surface area contributed by atoms with E-state index in [-0.39, 0.29) is 11.4 Å². The highest BCUT2D eigenvalue weighted by Gasteiger charge is 2.12. The number of nitrogens with zero attached hydrogens (tertiary/aromatic N) is 2. The fourth-order valence-corrected chi connectivity index (χ4v) is 3.53. The molecular formula is C21H19N3O3. The van der Waals surface area contributed by atoms with Crippen LogP contribution in [0.25, 0.3) is 21.8 Å². The fourth-order valence-electron chi connectivity index (χ4n) is 3.53. The third kappa shape index (κ3) is 2.95. The second-order valence-corrected chi connectivity index (χ2v) is 6.42. The summed E-state index contributed by atoms with van der Waals surface area (Å²) >= 11 is 0. The third-order valence-corrected chi connectivity index (χ3v) is 4.85. The molecule has 0 aliphatic carbocycles. The number of non-ortho nitro benzene ring substituents is 1. The molecular weight excluding hydrogens is 342 g/mol. The molecule has 0 atom stereocenters. The first kappa shape index (κ1) is 16.9. The first-order valence-electron chi connectivity index (χ1n) is 8.79. The van der Waals surface area contributed by atoms with E-state index in [2.05, 4.69) is 41.1 Å². The van der Waals surface area contributed by atoms with Gasteiger partial charge in [-0.2, -0.15) is 0 Å². The molecule has 0 unspecified atom stereocenters. The predicted octanol–water partition coefficient (Wildman–Crippen LogP) is 5.04. The first-order valence-corrected chi connectivity index (χ1v) is 8.79. The number of para-hydroxylation sites is 1. The van der Waals surface area contributed by atoms with Crippen molar-refractivity contribution in [1.29, 1.82) is 0 Å². The average molecular weight is 361 g/mol. The molecule has 4 rings (SSSR count). The average Bonchev–Trinajstić information content (AvgIpc) is 3.00. The minimum Gasteiger partial charge on any atom is -0.508 e. The summed E-state index contributed by atoms with van der Waals surface area (Å²) in [5, 5.41) is 26.5. The van der Waals surface area contributed by atoms with Gasteiger partial charge in [-0.3, -0.25) is 10.1 Å². The highest BCUT2D eigenvalue weighted by Crippen LogP contribution is 2.31. The number of aryl methyl sites for hydroxylation is 1. The number of anilines is 1. The molecule has 0 fully saturated rings. The molecule has 1 aromatic heterocycles. The van der Waals surface area contributed by atoms with Gasteiger partial charge in [-0.15, -0.1) is 0 Å². The van der Waals surface area contributed by atoms with Gasteiger partial charge in [0.25, 0.3) is 5.69 Å². The Bertz CT molecular complexity index is 1160. The van der Waals surface area contributed by atoms with Crippen LogP contribution in [0.15, 0.2) is 60.7 Å². The summed E-state index contributed by atoms with van der Waals surface area (Å²) in [6.45, 7) is 3.31. The lowest BCUT2D eigenvalue weighted by molar-refractivity contribution is -0.384. The van der Waals surface area contributed by atoms with Gasteiger partial charge in [0.1, 0.15) is 5.75 Å². The number of aromatic nitrogens is 1. The Balaban J connectivity index is 1.69. The summed E-state index contributed by atoms with van der Waals surface area (Å²) in [4.78, 5) is 10.5. The number of nitro groups is 1. The molecule has 6 nitrogen and oxygen atoms in total. The van der Waals surface area contributed by atoms with Crippen LogP contribution in [0.2, 0.25) is 0 Å².